The molecule has 1 N–H and O–H groups in total. The monoisotopic (exact) mass is 644 g/mol. The number of aromatic nitrogens is 2. The Bertz CT molecular complexity index is 3090. The van der Waals surface area contributed by atoms with E-state index in [1.54, 1.807) is 0 Å². The SMILES string of the molecule is Oc1ccc(-n2c3ccccc3c3c2c(-c2cccc4c2sc2ccccc24)c2c4ccccc4c4ccccc4n23)cc1C1=CC=CC1. The molecule has 1 aliphatic rings. The molecular weight excluding hydrogens is 617 g/mol. The van der Waals surface area contributed by atoms with Crippen molar-refractivity contribution in [2.24, 2.45) is 0 Å². The molecule has 230 valence electrons. The second-order valence-corrected chi connectivity index (χ2v) is 14.0. The van der Waals surface area contributed by atoms with Crippen LogP contribution < -0.4 is 0 Å². The lowest BCUT2D eigenvalue weighted by Crippen LogP contribution is -1.97. The average Bonchev–Trinajstić information content (AvgIpc) is 3.94. The number of phenols is 1. The maximum Gasteiger partial charge on any atom is 0.123 e. The third-order valence-corrected chi connectivity index (χ3v) is 11.6. The molecule has 0 fully saturated rings. The largest absolute Gasteiger partial charge is 0.507 e. The summed E-state index contributed by atoms with van der Waals surface area (Å²) in [5.41, 5.74) is 11.4. The molecule has 11 rings (SSSR count). The highest BCUT2D eigenvalue weighted by atomic mass is 32.1. The van der Waals surface area contributed by atoms with Crippen molar-refractivity contribution in [2.75, 3.05) is 0 Å². The molecule has 10 aromatic rings. The van der Waals surface area contributed by atoms with Crippen molar-refractivity contribution in [3.8, 4) is 22.6 Å². The van der Waals surface area contributed by atoms with Gasteiger partial charge in [-0.1, -0.05) is 115 Å². The Balaban J connectivity index is 1.42. The topological polar surface area (TPSA) is 29.6 Å². The summed E-state index contributed by atoms with van der Waals surface area (Å²) in [5.74, 6) is 0.306. The summed E-state index contributed by atoms with van der Waals surface area (Å²) < 4.78 is 7.55. The Kier molecular flexibility index (Phi) is 5.47. The summed E-state index contributed by atoms with van der Waals surface area (Å²) in [5, 5.41) is 18.6. The fourth-order valence-electron chi connectivity index (χ4n) is 8.37. The Labute approximate surface area is 285 Å². The lowest BCUT2D eigenvalue weighted by atomic mass is 9.98. The van der Waals surface area contributed by atoms with Crippen molar-refractivity contribution in [2.45, 2.75) is 6.42 Å². The number of allylic oxidation sites excluding steroid dienone is 4. The molecule has 0 saturated heterocycles. The molecule has 0 bridgehead atoms. The second kappa shape index (κ2) is 9.96. The van der Waals surface area contributed by atoms with Gasteiger partial charge in [-0.25, -0.2) is 0 Å². The highest BCUT2D eigenvalue weighted by molar-refractivity contribution is 7.26. The number of aromatic hydroxyl groups is 1. The lowest BCUT2D eigenvalue weighted by Gasteiger charge is -2.15. The van der Waals surface area contributed by atoms with Gasteiger partial charge in [-0.3, -0.25) is 0 Å². The molecule has 49 heavy (non-hydrogen) atoms. The molecule has 0 aliphatic heterocycles. The van der Waals surface area contributed by atoms with Gasteiger partial charge in [-0.2, -0.15) is 0 Å². The molecule has 0 spiro atoms. The molecule has 1 aliphatic carbocycles. The van der Waals surface area contributed by atoms with Crippen LogP contribution in [-0.4, -0.2) is 14.1 Å². The van der Waals surface area contributed by atoms with E-state index >= 15 is 0 Å². The molecule has 4 heteroatoms. The second-order valence-electron chi connectivity index (χ2n) is 13.0. The van der Waals surface area contributed by atoms with Crippen LogP contribution in [0.15, 0.2) is 152 Å². The summed E-state index contributed by atoms with van der Waals surface area (Å²) in [6, 6.07) is 48.1. The van der Waals surface area contributed by atoms with E-state index < -0.39 is 0 Å². The summed E-state index contributed by atoms with van der Waals surface area (Å²) in [6.45, 7) is 0. The minimum atomic E-state index is 0.306. The number of nitrogens with zero attached hydrogens (tertiary/aromatic N) is 2. The molecule has 4 aromatic heterocycles. The number of rotatable bonds is 3. The molecule has 0 saturated carbocycles. The zero-order valence-corrected chi connectivity index (χ0v) is 27.2. The number of thiophene rings is 1. The highest BCUT2D eigenvalue weighted by Crippen LogP contribution is 2.50. The van der Waals surface area contributed by atoms with E-state index in [1.807, 2.05) is 17.4 Å². The highest BCUT2D eigenvalue weighted by Gasteiger charge is 2.27. The predicted molar refractivity (Wildman–Crippen MR) is 208 cm³/mol. The summed E-state index contributed by atoms with van der Waals surface area (Å²) in [7, 11) is 0. The van der Waals surface area contributed by atoms with Gasteiger partial charge in [0, 0.05) is 58.7 Å². The van der Waals surface area contributed by atoms with Crippen LogP contribution in [0.4, 0.5) is 0 Å². The van der Waals surface area contributed by atoms with Gasteiger partial charge >= 0.3 is 0 Å². The van der Waals surface area contributed by atoms with E-state index in [4.69, 9.17) is 0 Å². The van der Waals surface area contributed by atoms with Crippen LogP contribution in [0.3, 0.4) is 0 Å². The average molecular weight is 645 g/mol. The van der Waals surface area contributed by atoms with Crippen LogP contribution in [0, 0.1) is 0 Å². The normalized spacial score (nSPS) is 13.3. The van der Waals surface area contributed by atoms with Gasteiger partial charge in [0.25, 0.3) is 0 Å². The van der Waals surface area contributed by atoms with Crippen molar-refractivity contribution in [1.82, 2.24) is 8.97 Å². The first kappa shape index (κ1) is 26.9. The third-order valence-electron chi connectivity index (χ3n) is 10.4. The Morgan fingerprint density at radius 1 is 0.551 bits per heavy atom. The predicted octanol–water partition coefficient (Wildman–Crippen LogP) is 12.4. The molecule has 6 aromatic carbocycles. The van der Waals surface area contributed by atoms with E-state index in [2.05, 4.69) is 155 Å². The standard InChI is InChI=1S/C45H28N2OS/c48-39-25-24-28(26-36(39)27-12-1-2-13-27)46-38-22-9-6-18-34(38)43-44(46)41(35-20-11-19-33-31-16-7-10-23-40(31)49-45(33)35)42-32-17-4-3-14-29(32)30-15-5-8-21-37(30)47(42)43/h1-12,14-26,48H,13H2. The minimum absolute atomic E-state index is 0.306. The van der Waals surface area contributed by atoms with E-state index in [-0.39, 0.29) is 0 Å². The first-order valence-electron chi connectivity index (χ1n) is 16.7. The zero-order chi connectivity index (χ0) is 32.2. The lowest BCUT2D eigenvalue weighted by molar-refractivity contribution is 0.473. The molecular formula is C45H28N2OS. The maximum absolute atomic E-state index is 11.1. The molecule has 0 atom stereocenters. The number of hydrogen-bond acceptors (Lipinski definition) is 2. The van der Waals surface area contributed by atoms with Crippen molar-refractivity contribution in [3.63, 3.8) is 0 Å². The van der Waals surface area contributed by atoms with Crippen LogP contribution >= 0.6 is 11.3 Å². The quantitative estimate of drug-likeness (QED) is 0.191. The summed E-state index contributed by atoms with van der Waals surface area (Å²) >= 11 is 1.88. The van der Waals surface area contributed by atoms with Crippen molar-refractivity contribution in [3.05, 3.63) is 157 Å². The van der Waals surface area contributed by atoms with Gasteiger partial charge in [0.05, 0.1) is 27.6 Å². The van der Waals surface area contributed by atoms with Crippen molar-refractivity contribution in [1.29, 1.82) is 0 Å². The van der Waals surface area contributed by atoms with Crippen molar-refractivity contribution < 1.29 is 5.11 Å². The number of benzene rings is 6. The van der Waals surface area contributed by atoms with Crippen LogP contribution in [0.5, 0.6) is 5.75 Å². The van der Waals surface area contributed by atoms with Gasteiger partial charge in [-0.15, -0.1) is 11.3 Å². The van der Waals surface area contributed by atoms with E-state index in [9.17, 15) is 5.11 Å². The van der Waals surface area contributed by atoms with E-state index in [0.29, 0.717) is 5.75 Å². The van der Waals surface area contributed by atoms with Gasteiger partial charge in [0.2, 0.25) is 0 Å². The number of pyridine rings is 1. The fraction of sp³-hybridized carbons (Fsp3) is 0.0222. The molecule has 4 heterocycles. The first-order valence-corrected chi connectivity index (χ1v) is 17.5. The first-order chi connectivity index (χ1) is 24.3. The zero-order valence-electron chi connectivity index (χ0n) is 26.4. The van der Waals surface area contributed by atoms with E-state index in [0.717, 1.165) is 28.8 Å². The molecule has 3 nitrogen and oxygen atoms in total. The Hall–Kier alpha value is -6.10. The number of phenolic OH excluding ortho intramolecular Hbond substituents is 1. The van der Waals surface area contributed by atoms with Crippen LogP contribution in [-0.2, 0) is 0 Å². The van der Waals surface area contributed by atoms with Gasteiger partial charge in [-0.05, 0) is 53.8 Å². The van der Waals surface area contributed by atoms with Crippen LogP contribution in [0.2, 0.25) is 0 Å². The smallest absolute Gasteiger partial charge is 0.123 e. The maximum atomic E-state index is 11.1. The number of para-hydroxylation sites is 2. The van der Waals surface area contributed by atoms with Gasteiger partial charge in [0.15, 0.2) is 0 Å². The summed E-state index contributed by atoms with van der Waals surface area (Å²) in [4.78, 5) is 0. The van der Waals surface area contributed by atoms with E-state index in [1.165, 1.54) is 74.9 Å². The van der Waals surface area contributed by atoms with Crippen LogP contribution in [0.25, 0.3) is 91.7 Å². The van der Waals surface area contributed by atoms with Gasteiger partial charge in [0.1, 0.15) is 5.75 Å². The van der Waals surface area contributed by atoms with Crippen molar-refractivity contribution >= 4 is 86.2 Å². The fourth-order valence-corrected chi connectivity index (χ4v) is 9.59. The molecule has 0 amide bonds. The third kappa shape index (κ3) is 3.61. The molecule has 0 radical (unpaired) electrons. The summed E-state index contributed by atoms with van der Waals surface area (Å²) in [6.07, 6.45) is 7.14. The Morgan fingerprint density at radius 2 is 1.27 bits per heavy atom. The molecule has 0 unspecified atom stereocenters. The number of fused-ring (bicyclic) bond motifs is 13. The minimum Gasteiger partial charge on any atom is -0.507 e. The number of hydrogen-bond donors (Lipinski definition) is 1. The van der Waals surface area contributed by atoms with Gasteiger partial charge < -0.3 is 14.1 Å². The van der Waals surface area contributed by atoms with Crippen LogP contribution in [0.1, 0.15) is 12.0 Å². The Morgan fingerprint density at radius 3 is 2.10 bits per heavy atom.